The lowest BCUT2D eigenvalue weighted by molar-refractivity contribution is -0.144. The number of carbonyl (C=O) groups excluding carboxylic acids is 2. The molecule has 0 bridgehead atoms. The van der Waals surface area contributed by atoms with Gasteiger partial charge in [0, 0.05) is 31.2 Å². The van der Waals surface area contributed by atoms with Gasteiger partial charge in [0.05, 0.1) is 6.54 Å². The fraction of sp³-hybridized carbons (Fsp3) is 0.882. The lowest BCUT2D eigenvalue weighted by Gasteiger charge is -2.46. The van der Waals surface area contributed by atoms with Gasteiger partial charge in [0.25, 0.3) is 5.91 Å². The zero-order valence-corrected chi connectivity index (χ0v) is 14.9. The first-order valence-corrected chi connectivity index (χ1v) is 9.77. The van der Waals surface area contributed by atoms with E-state index >= 15 is 0 Å². The van der Waals surface area contributed by atoms with E-state index in [2.05, 4.69) is 20.7 Å². The Morgan fingerprint density at radius 3 is 2.50 bits per heavy atom. The van der Waals surface area contributed by atoms with Crippen LogP contribution in [-0.2, 0) is 9.59 Å². The van der Waals surface area contributed by atoms with Gasteiger partial charge >= 0.3 is 0 Å². The van der Waals surface area contributed by atoms with E-state index in [-0.39, 0.29) is 23.4 Å². The van der Waals surface area contributed by atoms with Crippen molar-refractivity contribution in [3.05, 3.63) is 0 Å². The summed E-state index contributed by atoms with van der Waals surface area (Å²) in [7, 11) is 0. The van der Waals surface area contributed by atoms with Crippen molar-refractivity contribution in [3.63, 3.8) is 0 Å². The van der Waals surface area contributed by atoms with Crippen LogP contribution in [0.2, 0.25) is 0 Å². The van der Waals surface area contributed by atoms with E-state index in [1.54, 1.807) is 0 Å². The highest BCUT2D eigenvalue weighted by Crippen LogP contribution is 2.53. The molecule has 6 nitrogen and oxygen atoms in total. The summed E-state index contributed by atoms with van der Waals surface area (Å²) < 4.78 is 0. The summed E-state index contributed by atoms with van der Waals surface area (Å²) in [5.41, 5.74) is 5.60. The van der Waals surface area contributed by atoms with Crippen molar-refractivity contribution in [3.8, 4) is 0 Å². The molecule has 2 aliphatic carbocycles. The molecule has 4 aliphatic rings. The maximum absolute atomic E-state index is 12.9. The van der Waals surface area contributed by atoms with Crippen molar-refractivity contribution in [2.45, 2.75) is 61.9 Å². The summed E-state index contributed by atoms with van der Waals surface area (Å²) >= 11 is 6.26. The Labute approximate surface area is 148 Å². The Kier molecular flexibility index (Phi) is 4.47. The highest BCUT2D eigenvalue weighted by atomic mass is 35.5. The normalized spacial score (nSPS) is 35.0. The summed E-state index contributed by atoms with van der Waals surface area (Å²) in [6.45, 7) is 2.55. The molecule has 24 heavy (non-hydrogen) atoms. The Balaban J connectivity index is 1.41. The molecule has 2 saturated heterocycles. The third-order valence-corrected chi connectivity index (χ3v) is 6.98. The Bertz CT molecular complexity index is 519. The van der Waals surface area contributed by atoms with Gasteiger partial charge in [0.15, 0.2) is 0 Å². The lowest BCUT2D eigenvalue weighted by Crippen LogP contribution is -2.66. The highest BCUT2D eigenvalue weighted by Gasteiger charge is 2.56. The zero-order chi connectivity index (χ0) is 16.7. The fourth-order valence-corrected chi connectivity index (χ4v) is 5.32. The quantitative estimate of drug-likeness (QED) is 0.738. The SMILES string of the molecule is O=C1NNCC(N2CCN(C3(C4CCCCC4)CC3)C(=O)C2)C1Cl. The monoisotopic (exact) mass is 354 g/mol. The molecular weight excluding hydrogens is 328 g/mol. The molecule has 2 unspecified atom stereocenters. The number of carbonyl (C=O) groups is 2. The number of nitrogens with zero attached hydrogens (tertiary/aromatic N) is 2. The van der Waals surface area contributed by atoms with Crippen LogP contribution in [0, 0.1) is 5.92 Å². The van der Waals surface area contributed by atoms with Crippen LogP contribution in [0.15, 0.2) is 0 Å². The van der Waals surface area contributed by atoms with Crippen molar-refractivity contribution in [2.75, 3.05) is 26.2 Å². The minimum absolute atomic E-state index is 0.114. The van der Waals surface area contributed by atoms with E-state index in [4.69, 9.17) is 11.6 Å². The minimum Gasteiger partial charge on any atom is -0.334 e. The number of nitrogens with one attached hydrogen (secondary N) is 2. The van der Waals surface area contributed by atoms with Gasteiger partial charge in [-0.05, 0) is 31.6 Å². The smallest absolute Gasteiger partial charge is 0.253 e. The summed E-state index contributed by atoms with van der Waals surface area (Å²) in [6, 6.07) is -0.114. The van der Waals surface area contributed by atoms with Gasteiger partial charge in [-0.25, -0.2) is 5.43 Å². The summed E-state index contributed by atoms with van der Waals surface area (Å²) in [6.07, 6.45) is 8.90. The molecule has 0 aromatic rings. The lowest BCUT2D eigenvalue weighted by atomic mass is 9.81. The van der Waals surface area contributed by atoms with Crippen LogP contribution in [-0.4, -0.2) is 64.8 Å². The van der Waals surface area contributed by atoms with Gasteiger partial charge < -0.3 is 4.90 Å². The molecule has 2 atom stereocenters. The predicted molar refractivity (Wildman–Crippen MR) is 91.4 cm³/mol. The second-order valence-electron chi connectivity index (χ2n) is 7.79. The number of rotatable bonds is 3. The number of hydrazine groups is 1. The van der Waals surface area contributed by atoms with Gasteiger partial charge in [0.1, 0.15) is 5.38 Å². The van der Waals surface area contributed by atoms with Crippen LogP contribution in [0.25, 0.3) is 0 Å². The Morgan fingerprint density at radius 2 is 1.83 bits per heavy atom. The zero-order valence-electron chi connectivity index (χ0n) is 14.1. The molecule has 0 aromatic heterocycles. The van der Waals surface area contributed by atoms with Gasteiger partial charge in [-0.15, -0.1) is 11.6 Å². The molecule has 0 radical (unpaired) electrons. The Morgan fingerprint density at radius 1 is 1.08 bits per heavy atom. The van der Waals surface area contributed by atoms with Crippen molar-refractivity contribution in [2.24, 2.45) is 5.92 Å². The largest absolute Gasteiger partial charge is 0.334 e. The van der Waals surface area contributed by atoms with E-state index in [1.807, 2.05) is 0 Å². The molecular formula is C17H27ClN4O2. The molecule has 7 heteroatoms. The van der Waals surface area contributed by atoms with Gasteiger partial charge in [-0.1, -0.05) is 19.3 Å². The number of halogens is 1. The van der Waals surface area contributed by atoms with E-state index < -0.39 is 5.38 Å². The topological polar surface area (TPSA) is 64.7 Å². The van der Waals surface area contributed by atoms with Gasteiger partial charge in [-0.2, -0.15) is 0 Å². The molecule has 0 spiro atoms. The number of alkyl halides is 1. The second kappa shape index (κ2) is 6.46. The van der Waals surface area contributed by atoms with Gasteiger partial charge in [-0.3, -0.25) is 19.9 Å². The highest BCUT2D eigenvalue weighted by molar-refractivity contribution is 6.31. The maximum atomic E-state index is 12.9. The van der Waals surface area contributed by atoms with Crippen LogP contribution in [0.4, 0.5) is 0 Å². The summed E-state index contributed by atoms with van der Waals surface area (Å²) in [5.74, 6) is 0.715. The van der Waals surface area contributed by atoms with E-state index in [9.17, 15) is 9.59 Å². The maximum Gasteiger partial charge on any atom is 0.253 e. The first-order chi connectivity index (χ1) is 11.6. The predicted octanol–water partition coefficient (Wildman–Crippen LogP) is 0.854. The van der Waals surface area contributed by atoms with E-state index in [0.29, 0.717) is 19.0 Å². The van der Waals surface area contributed by atoms with Crippen molar-refractivity contribution >= 4 is 23.4 Å². The standard InChI is InChI=1S/C17H27ClN4O2/c18-15-13(10-19-20-16(15)24)21-8-9-22(14(23)11-21)17(6-7-17)12-4-2-1-3-5-12/h12-13,15,19H,1-11H2,(H,20,24). The molecule has 2 amide bonds. The van der Waals surface area contributed by atoms with Crippen LogP contribution < -0.4 is 10.9 Å². The molecule has 0 aromatic carbocycles. The van der Waals surface area contributed by atoms with Gasteiger partial charge in [0.2, 0.25) is 5.91 Å². The van der Waals surface area contributed by atoms with Crippen LogP contribution in [0.1, 0.15) is 44.9 Å². The minimum atomic E-state index is -0.598. The molecule has 2 heterocycles. The van der Waals surface area contributed by atoms with Crippen LogP contribution in [0.3, 0.4) is 0 Å². The average molecular weight is 355 g/mol. The molecule has 2 aliphatic heterocycles. The van der Waals surface area contributed by atoms with Crippen LogP contribution in [0.5, 0.6) is 0 Å². The number of piperazine rings is 1. The van der Waals surface area contributed by atoms with Crippen molar-refractivity contribution in [1.29, 1.82) is 0 Å². The third kappa shape index (κ3) is 2.82. The first kappa shape index (κ1) is 16.6. The average Bonchev–Trinajstić information content (AvgIpc) is 3.40. The molecule has 2 saturated carbocycles. The number of hydrogen-bond donors (Lipinski definition) is 2. The number of amides is 2. The summed E-state index contributed by atoms with van der Waals surface area (Å²) in [4.78, 5) is 28.9. The molecule has 2 N–H and O–H groups in total. The molecule has 4 rings (SSSR count). The summed E-state index contributed by atoms with van der Waals surface area (Å²) in [5, 5.41) is -0.598. The fourth-order valence-electron chi connectivity index (χ4n) is 5.02. The molecule has 4 fully saturated rings. The van der Waals surface area contributed by atoms with Crippen molar-refractivity contribution in [1.82, 2.24) is 20.7 Å². The second-order valence-corrected chi connectivity index (χ2v) is 8.26. The first-order valence-electron chi connectivity index (χ1n) is 9.33. The Hall–Kier alpha value is -0.850. The van der Waals surface area contributed by atoms with Crippen molar-refractivity contribution < 1.29 is 9.59 Å². The molecule has 134 valence electrons. The van der Waals surface area contributed by atoms with Crippen LogP contribution >= 0.6 is 11.6 Å². The van der Waals surface area contributed by atoms with E-state index in [0.717, 1.165) is 13.1 Å². The number of hydrogen-bond acceptors (Lipinski definition) is 4. The van der Waals surface area contributed by atoms with E-state index in [1.165, 1.54) is 44.9 Å². The third-order valence-electron chi connectivity index (χ3n) is 6.50.